The lowest BCUT2D eigenvalue weighted by Crippen LogP contribution is -2.33. The van der Waals surface area contributed by atoms with Crippen molar-refractivity contribution in [2.45, 2.75) is 33.6 Å². The van der Waals surface area contributed by atoms with E-state index < -0.39 is 11.2 Å². The lowest BCUT2D eigenvalue weighted by Gasteiger charge is -2.24. The van der Waals surface area contributed by atoms with Gasteiger partial charge in [0.25, 0.3) is 0 Å². The van der Waals surface area contributed by atoms with Gasteiger partial charge in [-0.15, -0.1) is 0 Å². The molecular formula is C21H29ClN4OS. The highest BCUT2D eigenvalue weighted by Crippen LogP contribution is 2.19. The topological polar surface area (TPSA) is 65.3 Å². The highest BCUT2D eigenvalue weighted by Gasteiger charge is 2.21. The Morgan fingerprint density at radius 2 is 2.18 bits per heavy atom. The molecule has 1 aromatic heterocycles. The van der Waals surface area contributed by atoms with Crippen LogP contribution in [0.15, 0.2) is 47.2 Å². The summed E-state index contributed by atoms with van der Waals surface area (Å²) < 4.78 is 13.3. The molecule has 0 aliphatic carbocycles. The van der Waals surface area contributed by atoms with Crippen LogP contribution in [0.25, 0.3) is 11.6 Å². The summed E-state index contributed by atoms with van der Waals surface area (Å²) in [6, 6.07) is 0. The van der Waals surface area contributed by atoms with Gasteiger partial charge in [0.2, 0.25) is 0 Å². The maximum Gasteiger partial charge on any atom is 0.153 e. The number of imidazole rings is 1. The molecule has 152 valence electrons. The smallest absolute Gasteiger partial charge is 0.153 e. The molecule has 1 aliphatic rings. The SMILES string of the molecule is C=Cc1ncc(/C(C)=C/C=C\C(Cl)=C/C)n1/N=C(\C)NCC1CC[S+]([O-])CC1. The van der Waals surface area contributed by atoms with Gasteiger partial charge >= 0.3 is 0 Å². The van der Waals surface area contributed by atoms with Gasteiger partial charge in [-0.2, -0.15) is 5.10 Å². The first kappa shape index (κ1) is 22.5. The van der Waals surface area contributed by atoms with Crippen LogP contribution in [-0.4, -0.2) is 38.1 Å². The van der Waals surface area contributed by atoms with Crippen molar-refractivity contribution in [2.75, 3.05) is 18.1 Å². The fourth-order valence-corrected chi connectivity index (χ4v) is 4.33. The molecule has 0 bridgehead atoms. The van der Waals surface area contributed by atoms with Crippen molar-refractivity contribution < 1.29 is 4.55 Å². The summed E-state index contributed by atoms with van der Waals surface area (Å²) in [4.78, 5) is 4.40. The third-order valence-corrected chi connectivity index (χ3v) is 6.36. The van der Waals surface area contributed by atoms with Crippen LogP contribution in [0.2, 0.25) is 0 Å². The quantitative estimate of drug-likeness (QED) is 0.304. The predicted molar refractivity (Wildman–Crippen MR) is 122 cm³/mol. The molecule has 0 unspecified atom stereocenters. The van der Waals surface area contributed by atoms with Gasteiger partial charge < -0.3 is 9.87 Å². The number of hydrogen-bond acceptors (Lipinski definition) is 3. The number of amidine groups is 1. The second-order valence-corrected chi connectivity index (χ2v) is 8.89. The maximum absolute atomic E-state index is 11.5. The van der Waals surface area contributed by atoms with Crippen molar-refractivity contribution in [3.63, 3.8) is 0 Å². The van der Waals surface area contributed by atoms with E-state index in [0.717, 1.165) is 48.0 Å². The third kappa shape index (κ3) is 6.69. The summed E-state index contributed by atoms with van der Waals surface area (Å²) in [6.45, 7) is 10.5. The van der Waals surface area contributed by atoms with Gasteiger partial charge in [0.15, 0.2) is 5.82 Å². The van der Waals surface area contributed by atoms with Gasteiger partial charge in [0.1, 0.15) is 17.3 Å². The molecule has 0 atom stereocenters. The Hall–Kier alpha value is -1.76. The van der Waals surface area contributed by atoms with Gasteiger partial charge in [0.05, 0.1) is 11.9 Å². The van der Waals surface area contributed by atoms with Crippen molar-refractivity contribution in [3.05, 3.63) is 53.6 Å². The zero-order valence-corrected chi connectivity index (χ0v) is 18.4. The van der Waals surface area contributed by atoms with Crippen molar-refractivity contribution >= 4 is 40.3 Å². The maximum atomic E-state index is 11.5. The van der Waals surface area contributed by atoms with Crippen molar-refractivity contribution in [1.82, 2.24) is 15.0 Å². The van der Waals surface area contributed by atoms with Crippen LogP contribution in [-0.2, 0) is 11.2 Å². The fraction of sp³-hybridized carbons (Fsp3) is 0.429. The molecule has 1 fully saturated rings. The van der Waals surface area contributed by atoms with E-state index in [2.05, 4.69) is 16.9 Å². The predicted octanol–water partition coefficient (Wildman–Crippen LogP) is 4.56. The Bertz CT molecular complexity index is 786. The summed E-state index contributed by atoms with van der Waals surface area (Å²) >= 11 is 5.37. The molecule has 1 aromatic rings. The molecule has 1 aliphatic heterocycles. The first-order valence-electron chi connectivity index (χ1n) is 9.46. The van der Waals surface area contributed by atoms with Gasteiger partial charge in [-0.3, -0.25) is 0 Å². The summed E-state index contributed by atoms with van der Waals surface area (Å²) in [5.41, 5.74) is 1.91. The van der Waals surface area contributed by atoms with Crippen LogP contribution in [0.3, 0.4) is 0 Å². The lowest BCUT2D eigenvalue weighted by atomic mass is 10.0. The molecule has 1 N–H and O–H groups in total. The zero-order chi connectivity index (χ0) is 20.5. The molecule has 0 amide bonds. The Labute approximate surface area is 176 Å². The van der Waals surface area contributed by atoms with Crippen LogP contribution in [0.5, 0.6) is 0 Å². The highest BCUT2D eigenvalue weighted by atomic mass is 35.5. The summed E-state index contributed by atoms with van der Waals surface area (Å²) in [5, 5.41) is 8.78. The number of rotatable bonds is 7. The van der Waals surface area contributed by atoms with E-state index in [1.165, 1.54) is 0 Å². The Balaban J connectivity index is 2.11. The molecule has 0 spiro atoms. The zero-order valence-electron chi connectivity index (χ0n) is 16.8. The van der Waals surface area contributed by atoms with E-state index >= 15 is 0 Å². The number of nitrogens with one attached hydrogen (secondary N) is 1. The summed E-state index contributed by atoms with van der Waals surface area (Å²) in [7, 11) is 0. The summed E-state index contributed by atoms with van der Waals surface area (Å²) in [5.74, 6) is 3.67. The Morgan fingerprint density at radius 3 is 2.82 bits per heavy atom. The molecule has 7 heteroatoms. The normalized spacial score (nSPS) is 22.0. The number of aromatic nitrogens is 2. The standard InChI is InChI=1S/C21H29ClN4OS/c1-5-19(22)9-7-8-16(3)20-15-24-21(6-2)26(20)25-17(4)23-14-18-10-12-28(27)13-11-18/h5-9,15,18H,2,10-14H2,1,3-4H3,(H,23,25)/b9-7-,16-8+,19-5+. The van der Waals surface area contributed by atoms with E-state index in [-0.39, 0.29) is 0 Å². The van der Waals surface area contributed by atoms with Gasteiger partial charge in [0, 0.05) is 11.6 Å². The van der Waals surface area contributed by atoms with Crippen LogP contribution in [0.4, 0.5) is 0 Å². The largest absolute Gasteiger partial charge is 0.616 e. The van der Waals surface area contributed by atoms with Crippen LogP contribution in [0, 0.1) is 5.92 Å². The second-order valence-electron chi connectivity index (χ2n) is 6.76. The fourth-order valence-electron chi connectivity index (χ4n) is 2.86. The van der Waals surface area contributed by atoms with Crippen molar-refractivity contribution in [3.8, 4) is 0 Å². The van der Waals surface area contributed by atoms with Crippen molar-refractivity contribution in [1.29, 1.82) is 0 Å². The monoisotopic (exact) mass is 420 g/mol. The van der Waals surface area contributed by atoms with Gasteiger partial charge in [-0.05, 0) is 57.3 Å². The minimum absolute atomic E-state index is 0.548. The van der Waals surface area contributed by atoms with Crippen molar-refractivity contribution in [2.24, 2.45) is 11.0 Å². The molecule has 2 rings (SSSR count). The van der Waals surface area contributed by atoms with E-state index in [9.17, 15) is 4.55 Å². The van der Waals surface area contributed by atoms with E-state index in [0.29, 0.717) is 16.8 Å². The molecule has 0 saturated carbocycles. The van der Waals surface area contributed by atoms with Gasteiger partial charge in [-0.25, -0.2) is 9.66 Å². The third-order valence-electron chi connectivity index (χ3n) is 4.63. The first-order chi connectivity index (χ1) is 13.4. The first-order valence-corrected chi connectivity index (χ1v) is 11.3. The highest BCUT2D eigenvalue weighted by molar-refractivity contribution is 7.91. The molecule has 5 nitrogen and oxygen atoms in total. The van der Waals surface area contributed by atoms with Crippen LogP contribution in [0.1, 0.15) is 45.1 Å². The second kappa shape index (κ2) is 11.3. The number of hydrogen-bond donors (Lipinski definition) is 1. The number of allylic oxidation sites excluding steroid dienone is 6. The minimum atomic E-state index is -0.626. The lowest BCUT2D eigenvalue weighted by molar-refractivity contribution is 0.458. The molecule has 28 heavy (non-hydrogen) atoms. The Kier molecular flexibility index (Phi) is 9.09. The minimum Gasteiger partial charge on any atom is -0.616 e. The molecule has 0 radical (unpaired) electrons. The van der Waals surface area contributed by atoms with E-state index in [4.69, 9.17) is 16.7 Å². The molecule has 2 heterocycles. The van der Waals surface area contributed by atoms with Crippen LogP contribution < -0.4 is 5.32 Å². The summed E-state index contributed by atoms with van der Waals surface area (Å²) in [6.07, 6.45) is 13.1. The van der Waals surface area contributed by atoms with Crippen LogP contribution >= 0.6 is 11.6 Å². The number of halogens is 1. The Morgan fingerprint density at radius 1 is 1.46 bits per heavy atom. The van der Waals surface area contributed by atoms with E-state index in [1.54, 1.807) is 16.9 Å². The van der Waals surface area contributed by atoms with E-state index in [1.807, 2.05) is 45.1 Å². The average molecular weight is 421 g/mol. The average Bonchev–Trinajstić information content (AvgIpc) is 3.09. The van der Waals surface area contributed by atoms with Gasteiger partial charge in [-0.1, -0.05) is 47.6 Å². The molecule has 0 aromatic carbocycles. The molecular weight excluding hydrogens is 392 g/mol. The number of nitrogens with zero attached hydrogens (tertiary/aromatic N) is 3. The molecule has 1 saturated heterocycles.